The summed E-state index contributed by atoms with van der Waals surface area (Å²) in [6.45, 7) is 9.27. The second-order valence-electron chi connectivity index (χ2n) is 14.2. The molecular weight excluding hydrogens is 548 g/mol. The normalized spacial score (nSPS) is 29.4. The molecule has 0 saturated heterocycles. The smallest absolute Gasteiger partial charge is 0.202 e. The third-order valence-corrected chi connectivity index (χ3v) is 10.7. The van der Waals surface area contributed by atoms with E-state index >= 15 is 0 Å². The molecule has 0 radical (unpaired) electrons. The molecule has 232 valence electrons. The number of hydrogen-bond acceptors (Lipinski definition) is 8. The topological polar surface area (TPSA) is 149 Å². The largest absolute Gasteiger partial charge is 0.508 e. The van der Waals surface area contributed by atoms with Gasteiger partial charge < -0.3 is 20.4 Å². The summed E-state index contributed by atoms with van der Waals surface area (Å²) in [5, 5.41) is 46.8. The number of allylic oxidation sites excluding steroid dienone is 1. The highest BCUT2D eigenvalue weighted by Gasteiger charge is 2.65. The van der Waals surface area contributed by atoms with Crippen LogP contribution in [0.4, 0.5) is 0 Å². The molecule has 2 saturated carbocycles. The van der Waals surface area contributed by atoms with Gasteiger partial charge in [0.25, 0.3) is 0 Å². The van der Waals surface area contributed by atoms with Gasteiger partial charge in [-0.3, -0.25) is 19.2 Å². The summed E-state index contributed by atoms with van der Waals surface area (Å²) in [5.74, 6) is -6.89. The van der Waals surface area contributed by atoms with E-state index in [1.807, 2.05) is 33.8 Å². The van der Waals surface area contributed by atoms with Crippen LogP contribution >= 0.6 is 0 Å². The second kappa shape index (κ2) is 11.0. The molecule has 0 aromatic heterocycles. The van der Waals surface area contributed by atoms with E-state index < -0.39 is 69.1 Å². The molecule has 43 heavy (non-hydrogen) atoms. The Kier molecular flexibility index (Phi) is 7.99. The number of aromatic hydroxyl groups is 1. The van der Waals surface area contributed by atoms with Crippen LogP contribution in [0.3, 0.4) is 0 Å². The zero-order valence-electron chi connectivity index (χ0n) is 25.8. The Labute approximate surface area is 252 Å². The zero-order valence-corrected chi connectivity index (χ0v) is 25.8. The maximum absolute atomic E-state index is 14.4. The Hall–Kier alpha value is -3.26. The van der Waals surface area contributed by atoms with E-state index in [4.69, 9.17) is 0 Å². The van der Waals surface area contributed by atoms with Crippen molar-refractivity contribution in [1.82, 2.24) is 0 Å². The monoisotopic (exact) mass is 592 g/mol. The average Bonchev–Trinajstić information content (AvgIpc) is 3.46. The summed E-state index contributed by atoms with van der Waals surface area (Å²) < 4.78 is 0. The van der Waals surface area contributed by atoms with Crippen molar-refractivity contribution < 1.29 is 39.6 Å². The number of carbonyl (C=O) groups excluding carboxylic acids is 4. The van der Waals surface area contributed by atoms with E-state index in [-0.39, 0.29) is 48.4 Å². The molecule has 8 nitrogen and oxygen atoms in total. The lowest BCUT2D eigenvalue weighted by Crippen LogP contribution is -2.62. The molecule has 4 aliphatic rings. The van der Waals surface area contributed by atoms with Crippen LogP contribution in [0.15, 0.2) is 29.0 Å². The summed E-state index contributed by atoms with van der Waals surface area (Å²) in [4.78, 5) is 54.1. The number of phenols is 1. The van der Waals surface area contributed by atoms with Gasteiger partial charge in [0.2, 0.25) is 5.78 Å². The number of Topliss-reactive ketones (excluding diaryl/α,β-unsaturated/α-hetero) is 4. The minimum atomic E-state index is -2.67. The predicted octanol–water partition coefficient (Wildman–Crippen LogP) is 5.93. The molecule has 2 fully saturated rings. The molecule has 0 unspecified atom stereocenters. The van der Waals surface area contributed by atoms with Crippen LogP contribution in [-0.4, -0.2) is 49.2 Å². The molecule has 0 spiro atoms. The van der Waals surface area contributed by atoms with Crippen LogP contribution in [0.25, 0.3) is 5.76 Å². The van der Waals surface area contributed by atoms with E-state index in [9.17, 15) is 39.6 Å². The number of hydrogen-bond donors (Lipinski definition) is 4. The molecule has 5 atom stereocenters. The van der Waals surface area contributed by atoms with Crippen LogP contribution in [0.2, 0.25) is 0 Å². The van der Waals surface area contributed by atoms with Crippen LogP contribution in [-0.2, 0) is 24.6 Å². The molecular formula is C35H44O8. The minimum absolute atomic E-state index is 0.0208. The average molecular weight is 593 g/mol. The molecule has 0 amide bonds. The minimum Gasteiger partial charge on any atom is -0.508 e. The number of benzene rings is 1. The van der Waals surface area contributed by atoms with Gasteiger partial charge in [0.15, 0.2) is 17.2 Å². The van der Waals surface area contributed by atoms with Gasteiger partial charge in [0.05, 0.1) is 5.56 Å². The van der Waals surface area contributed by atoms with Crippen molar-refractivity contribution in [2.45, 2.75) is 109 Å². The van der Waals surface area contributed by atoms with E-state index in [0.717, 1.165) is 25.7 Å². The van der Waals surface area contributed by atoms with Crippen molar-refractivity contribution in [2.24, 2.45) is 23.7 Å². The van der Waals surface area contributed by atoms with Crippen LogP contribution < -0.4 is 0 Å². The standard InChI is InChI=1S/C35H44O8/c1-6-19(36)15-21-23-16-25(38)28(24(37)14-11-18-9-7-8-10-18)32(41)35(23,43)33(42)29-26(21)17(2)20-12-13-22(34(3,4)5)30(39)27(20)31(29)40/h12-13,17-18,21,23,26,39-41,43H,6-11,14-16H2,1-5H3/t17-,21+,23+,26-,35+/m0/s1. The van der Waals surface area contributed by atoms with Gasteiger partial charge in [-0.2, -0.15) is 0 Å². The predicted molar refractivity (Wildman–Crippen MR) is 161 cm³/mol. The highest BCUT2D eigenvalue weighted by atomic mass is 16.3. The SMILES string of the molecule is CCC(=O)C[C@H]1[C@H]2C(=C(O)c3c(ccc(C(C)(C)C)c3O)[C@@H]2C)C(=O)[C@]2(O)C(O)=C(C(=O)CCC3CCCC3)C(=O)C[C@H]12. The number of phenolic OH excluding ortho intramolecular Hbond substituents is 1. The fourth-order valence-electron chi connectivity index (χ4n) is 8.28. The maximum Gasteiger partial charge on any atom is 0.202 e. The van der Waals surface area contributed by atoms with Gasteiger partial charge in [-0.25, -0.2) is 0 Å². The Morgan fingerprint density at radius 2 is 1.70 bits per heavy atom. The summed E-state index contributed by atoms with van der Waals surface area (Å²) in [5.41, 5.74) is -2.65. The number of fused-ring (bicyclic) bond motifs is 3. The molecule has 4 N–H and O–H groups in total. The number of rotatable bonds is 7. The summed E-state index contributed by atoms with van der Waals surface area (Å²) >= 11 is 0. The van der Waals surface area contributed by atoms with Crippen molar-refractivity contribution in [3.63, 3.8) is 0 Å². The lowest BCUT2D eigenvalue weighted by Gasteiger charge is -2.52. The number of aliphatic hydroxyl groups is 3. The fraction of sp³-hybridized carbons (Fsp3) is 0.600. The van der Waals surface area contributed by atoms with Crippen molar-refractivity contribution in [1.29, 1.82) is 0 Å². The highest BCUT2D eigenvalue weighted by Crippen LogP contribution is 2.59. The molecule has 8 heteroatoms. The van der Waals surface area contributed by atoms with Gasteiger partial charge in [0, 0.05) is 48.7 Å². The third-order valence-electron chi connectivity index (χ3n) is 10.7. The first kappa shape index (κ1) is 31.2. The molecule has 5 rings (SSSR count). The lowest BCUT2D eigenvalue weighted by atomic mass is 9.51. The highest BCUT2D eigenvalue weighted by molar-refractivity contribution is 6.24. The Morgan fingerprint density at radius 1 is 1.05 bits per heavy atom. The van der Waals surface area contributed by atoms with E-state index in [1.54, 1.807) is 13.0 Å². The van der Waals surface area contributed by atoms with Crippen LogP contribution in [0.5, 0.6) is 5.75 Å². The quantitative estimate of drug-likeness (QED) is 0.285. The van der Waals surface area contributed by atoms with Gasteiger partial charge in [-0.1, -0.05) is 72.4 Å². The molecule has 4 aliphatic carbocycles. The van der Waals surface area contributed by atoms with Crippen molar-refractivity contribution in [3.8, 4) is 5.75 Å². The Bertz CT molecular complexity index is 1450. The van der Waals surface area contributed by atoms with Gasteiger partial charge in [-0.05, 0) is 35.2 Å². The summed E-state index contributed by atoms with van der Waals surface area (Å²) in [6, 6.07) is 3.60. The van der Waals surface area contributed by atoms with E-state index in [1.165, 1.54) is 0 Å². The van der Waals surface area contributed by atoms with Crippen molar-refractivity contribution in [2.75, 3.05) is 0 Å². The molecule has 0 heterocycles. The number of carbonyl (C=O) groups is 4. The summed E-state index contributed by atoms with van der Waals surface area (Å²) in [6.07, 6.45) is 4.49. The van der Waals surface area contributed by atoms with Crippen molar-refractivity contribution >= 4 is 28.9 Å². The molecule has 0 bridgehead atoms. The third kappa shape index (κ3) is 4.86. The van der Waals surface area contributed by atoms with Gasteiger partial charge in [0.1, 0.15) is 28.6 Å². The van der Waals surface area contributed by atoms with Gasteiger partial charge in [-0.15, -0.1) is 0 Å². The molecule has 1 aromatic carbocycles. The first-order valence-corrected chi connectivity index (χ1v) is 15.7. The molecule has 0 aliphatic heterocycles. The maximum atomic E-state index is 14.4. The van der Waals surface area contributed by atoms with E-state index in [0.29, 0.717) is 23.5 Å². The fourth-order valence-corrected chi connectivity index (χ4v) is 8.28. The summed E-state index contributed by atoms with van der Waals surface area (Å²) in [7, 11) is 0. The van der Waals surface area contributed by atoms with E-state index in [2.05, 4.69) is 0 Å². The first-order chi connectivity index (χ1) is 20.1. The first-order valence-electron chi connectivity index (χ1n) is 15.7. The van der Waals surface area contributed by atoms with Crippen LogP contribution in [0.1, 0.15) is 115 Å². The second-order valence-corrected chi connectivity index (χ2v) is 14.2. The number of ketones is 4. The zero-order chi connectivity index (χ0) is 31.6. The Balaban J connectivity index is 1.68. The Morgan fingerprint density at radius 3 is 2.30 bits per heavy atom. The molecule has 1 aromatic rings. The van der Waals surface area contributed by atoms with Crippen LogP contribution in [0, 0.1) is 23.7 Å². The lowest BCUT2D eigenvalue weighted by molar-refractivity contribution is -0.155. The van der Waals surface area contributed by atoms with Gasteiger partial charge >= 0.3 is 0 Å². The number of aliphatic hydroxyl groups excluding tert-OH is 2. The van der Waals surface area contributed by atoms with Crippen molar-refractivity contribution in [3.05, 3.63) is 45.7 Å².